The normalized spacial score (nSPS) is 22.5. The summed E-state index contributed by atoms with van der Waals surface area (Å²) in [5.74, 6) is -0.194. The van der Waals surface area contributed by atoms with Gasteiger partial charge in [0.15, 0.2) is 0 Å². The smallest absolute Gasteiger partial charge is 0.319 e. The van der Waals surface area contributed by atoms with Crippen molar-refractivity contribution in [3.63, 3.8) is 0 Å². The zero-order valence-corrected chi connectivity index (χ0v) is 21.3. The second-order valence-electron chi connectivity index (χ2n) is 11.1. The van der Waals surface area contributed by atoms with Gasteiger partial charge in [-0.15, -0.1) is 0 Å². The summed E-state index contributed by atoms with van der Waals surface area (Å²) in [4.78, 5) is 35.3. The highest BCUT2D eigenvalue weighted by Gasteiger charge is 2.37. The number of nitrogens with zero attached hydrogens (tertiary/aromatic N) is 5. The lowest BCUT2D eigenvalue weighted by atomic mass is 9.86. The number of rotatable bonds is 5. The SMILES string of the molecule is O=C(C(O)C1CCN(C(=O)N2CCC2)CC1)N1CCC(C(O)Cc2c3c(c4cncn24)=CC=CC3)CC1. The second kappa shape index (κ2) is 10.1. The number of hydrogen-bond donors (Lipinski definition) is 2. The van der Waals surface area contributed by atoms with Crippen molar-refractivity contribution in [2.24, 2.45) is 11.8 Å². The maximum Gasteiger partial charge on any atom is 0.319 e. The Morgan fingerprint density at radius 2 is 1.62 bits per heavy atom. The molecule has 5 heterocycles. The quantitative estimate of drug-likeness (QED) is 0.629. The molecule has 3 aliphatic heterocycles. The molecule has 2 N–H and O–H groups in total. The van der Waals surface area contributed by atoms with Crippen molar-refractivity contribution in [1.29, 1.82) is 0 Å². The van der Waals surface area contributed by atoms with E-state index in [1.54, 1.807) is 4.90 Å². The largest absolute Gasteiger partial charge is 0.392 e. The first kappa shape index (κ1) is 24.4. The number of carbonyl (C=O) groups excluding carboxylic acids is 2. The number of amides is 3. The molecule has 3 fully saturated rings. The molecule has 0 spiro atoms. The highest BCUT2D eigenvalue weighted by atomic mass is 16.3. The van der Waals surface area contributed by atoms with Crippen molar-refractivity contribution in [2.45, 2.75) is 57.2 Å². The van der Waals surface area contributed by atoms with Gasteiger partial charge in [-0.3, -0.25) is 4.79 Å². The molecule has 1 aliphatic carbocycles. The third kappa shape index (κ3) is 4.52. The summed E-state index contributed by atoms with van der Waals surface area (Å²) in [5.41, 5.74) is 3.49. The first-order valence-electron chi connectivity index (χ1n) is 13.8. The molecule has 6 rings (SSSR count). The number of carbonyl (C=O) groups is 2. The summed E-state index contributed by atoms with van der Waals surface area (Å²) >= 11 is 0. The van der Waals surface area contributed by atoms with Crippen LogP contribution in [0.5, 0.6) is 0 Å². The van der Waals surface area contributed by atoms with E-state index < -0.39 is 12.2 Å². The fraction of sp³-hybridized carbons (Fsp3) is 0.607. The number of aliphatic hydroxyl groups excluding tert-OH is 2. The van der Waals surface area contributed by atoms with E-state index >= 15 is 0 Å². The number of fused-ring (bicyclic) bond motifs is 3. The number of piperidine rings is 2. The lowest BCUT2D eigenvalue weighted by molar-refractivity contribution is -0.146. The van der Waals surface area contributed by atoms with E-state index in [1.165, 1.54) is 10.8 Å². The Labute approximate surface area is 217 Å². The van der Waals surface area contributed by atoms with Gasteiger partial charge < -0.3 is 29.3 Å². The van der Waals surface area contributed by atoms with Crippen LogP contribution < -0.4 is 5.22 Å². The van der Waals surface area contributed by atoms with Crippen LogP contribution in [-0.2, 0) is 17.6 Å². The molecule has 2 aromatic heterocycles. The Morgan fingerprint density at radius 3 is 2.32 bits per heavy atom. The predicted octanol–water partition coefficient (Wildman–Crippen LogP) is 0.987. The molecule has 3 amide bonds. The maximum absolute atomic E-state index is 13.1. The average Bonchev–Trinajstić information content (AvgIpc) is 3.49. The monoisotopic (exact) mass is 507 g/mol. The standard InChI is InChI=1S/C28H37N5O4/c34-25(16-23-21-4-1-2-5-22(21)24-17-29-18-33(23)24)19-6-12-30(13-7-19)27(36)26(35)20-8-14-32(15-9-20)28(37)31-10-3-11-31/h1-2,5,17-20,25-26,34-35H,3-4,6-16H2. The lowest BCUT2D eigenvalue weighted by Gasteiger charge is -2.41. The molecule has 9 heteroatoms. The summed E-state index contributed by atoms with van der Waals surface area (Å²) in [7, 11) is 0. The van der Waals surface area contributed by atoms with Gasteiger partial charge in [0.2, 0.25) is 0 Å². The third-order valence-corrected chi connectivity index (χ3v) is 9.03. The predicted molar refractivity (Wildman–Crippen MR) is 139 cm³/mol. The molecule has 0 aromatic carbocycles. The summed E-state index contributed by atoms with van der Waals surface area (Å²) in [6, 6.07) is 0.0942. The Hall–Kier alpha value is -2.91. The highest BCUT2D eigenvalue weighted by Crippen LogP contribution is 2.28. The zero-order chi connectivity index (χ0) is 25.5. The van der Waals surface area contributed by atoms with Crippen LogP contribution in [-0.4, -0.2) is 97.7 Å². The first-order chi connectivity index (χ1) is 18.0. The number of imidazole rings is 1. The molecule has 2 atom stereocenters. The number of hydrogen-bond acceptors (Lipinski definition) is 5. The van der Waals surface area contributed by atoms with E-state index in [2.05, 4.69) is 27.6 Å². The topological polar surface area (TPSA) is 102 Å². The van der Waals surface area contributed by atoms with Crippen LogP contribution in [0.3, 0.4) is 0 Å². The minimum atomic E-state index is -1.02. The van der Waals surface area contributed by atoms with Crippen molar-refractivity contribution in [3.8, 4) is 0 Å². The van der Waals surface area contributed by atoms with Gasteiger partial charge in [0.25, 0.3) is 5.91 Å². The van der Waals surface area contributed by atoms with E-state index in [-0.39, 0.29) is 23.8 Å². The molecule has 2 unspecified atom stereocenters. The van der Waals surface area contributed by atoms with Gasteiger partial charge in [0.05, 0.1) is 24.1 Å². The van der Waals surface area contributed by atoms with Gasteiger partial charge in [-0.25, -0.2) is 9.78 Å². The van der Waals surface area contributed by atoms with Crippen LogP contribution in [0.1, 0.15) is 43.4 Å². The van der Waals surface area contributed by atoms with E-state index in [4.69, 9.17) is 0 Å². The average molecular weight is 508 g/mol. The first-order valence-corrected chi connectivity index (χ1v) is 13.8. The number of aliphatic hydroxyl groups is 2. The summed E-state index contributed by atoms with van der Waals surface area (Å²) in [5, 5.41) is 23.2. The molecule has 9 nitrogen and oxygen atoms in total. The Balaban J connectivity index is 1.01. The van der Waals surface area contributed by atoms with Crippen molar-refractivity contribution in [1.82, 2.24) is 24.1 Å². The van der Waals surface area contributed by atoms with Crippen LogP contribution in [0.2, 0.25) is 0 Å². The third-order valence-electron chi connectivity index (χ3n) is 9.03. The fourth-order valence-electron chi connectivity index (χ4n) is 6.52. The molecule has 198 valence electrons. The number of aromatic nitrogens is 2. The Kier molecular flexibility index (Phi) is 6.67. The minimum absolute atomic E-state index is 0.0942. The van der Waals surface area contributed by atoms with Crippen LogP contribution >= 0.6 is 0 Å². The molecule has 37 heavy (non-hydrogen) atoms. The van der Waals surface area contributed by atoms with E-state index in [0.717, 1.165) is 50.0 Å². The van der Waals surface area contributed by atoms with Crippen molar-refractivity contribution in [3.05, 3.63) is 41.2 Å². The van der Waals surface area contributed by atoms with Gasteiger partial charge in [-0.05, 0) is 55.9 Å². The van der Waals surface area contributed by atoms with Gasteiger partial charge in [0, 0.05) is 56.6 Å². The van der Waals surface area contributed by atoms with Gasteiger partial charge in [-0.1, -0.05) is 18.2 Å². The number of likely N-dealkylation sites (tertiary alicyclic amines) is 3. The molecule has 3 saturated heterocycles. The van der Waals surface area contributed by atoms with E-state index in [9.17, 15) is 19.8 Å². The highest BCUT2D eigenvalue weighted by molar-refractivity contribution is 5.81. The Bertz CT molecular complexity index is 1240. The number of allylic oxidation sites excluding steroid dienone is 2. The molecule has 0 bridgehead atoms. The summed E-state index contributed by atoms with van der Waals surface area (Å²) in [6.45, 7) is 3.98. The van der Waals surface area contributed by atoms with Gasteiger partial charge in [0.1, 0.15) is 6.10 Å². The van der Waals surface area contributed by atoms with Crippen LogP contribution in [0.15, 0.2) is 24.7 Å². The Morgan fingerprint density at radius 1 is 0.946 bits per heavy atom. The maximum atomic E-state index is 13.1. The molecule has 0 radical (unpaired) electrons. The van der Waals surface area contributed by atoms with E-state index in [0.29, 0.717) is 45.4 Å². The van der Waals surface area contributed by atoms with E-state index in [1.807, 2.05) is 22.3 Å². The minimum Gasteiger partial charge on any atom is -0.392 e. The van der Waals surface area contributed by atoms with Crippen LogP contribution in [0.4, 0.5) is 4.79 Å². The molecule has 4 aliphatic rings. The molecule has 0 saturated carbocycles. The fourth-order valence-corrected chi connectivity index (χ4v) is 6.52. The summed E-state index contributed by atoms with van der Waals surface area (Å²) < 4.78 is 2.11. The van der Waals surface area contributed by atoms with Crippen LogP contribution in [0.25, 0.3) is 11.6 Å². The number of urea groups is 1. The summed E-state index contributed by atoms with van der Waals surface area (Å²) in [6.07, 6.45) is 13.8. The van der Waals surface area contributed by atoms with Gasteiger partial charge in [-0.2, -0.15) is 0 Å². The lowest BCUT2D eigenvalue weighted by Crippen LogP contribution is -2.53. The second-order valence-corrected chi connectivity index (χ2v) is 11.1. The van der Waals surface area contributed by atoms with Crippen molar-refractivity contribution >= 4 is 23.5 Å². The van der Waals surface area contributed by atoms with Crippen LogP contribution in [0, 0.1) is 11.8 Å². The molecular formula is C28H37N5O4. The van der Waals surface area contributed by atoms with Crippen molar-refractivity contribution < 1.29 is 19.8 Å². The van der Waals surface area contributed by atoms with Gasteiger partial charge >= 0.3 is 6.03 Å². The molecule has 2 aromatic rings. The zero-order valence-electron chi connectivity index (χ0n) is 21.3. The molecular weight excluding hydrogens is 470 g/mol. The van der Waals surface area contributed by atoms with Crippen molar-refractivity contribution in [2.75, 3.05) is 39.3 Å².